The van der Waals surface area contributed by atoms with Gasteiger partial charge in [0.15, 0.2) is 0 Å². The van der Waals surface area contributed by atoms with Crippen LogP contribution in [0.3, 0.4) is 0 Å². The van der Waals surface area contributed by atoms with E-state index in [2.05, 4.69) is 398 Å². The average molecular weight is 1800 g/mol. The first-order valence-corrected chi connectivity index (χ1v) is 48.5. The molecule has 5 heterocycles. The van der Waals surface area contributed by atoms with Gasteiger partial charge in [0.2, 0.25) is 0 Å². The van der Waals surface area contributed by atoms with Crippen LogP contribution in [-0.2, 0) is 54.1 Å². The van der Waals surface area contributed by atoms with Gasteiger partial charge in [0, 0.05) is 88.7 Å². The molecule has 2 aliphatic rings. The first kappa shape index (κ1) is 73.7. The van der Waals surface area contributed by atoms with Crippen molar-refractivity contribution in [1.82, 2.24) is 13.7 Å². The van der Waals surface area contributed by atoms with E-state index in [9.17, 15) is 21.9 Å². The standard InChI is InChI=1S/C130H138BN5/c1-121(2,3)81-51-47-79(48-52-81)97-70-87(127(19,20)21)72-102(92-61-55-86(126(16,17)18)74-105(92)130(28,29)30)119(97)135-114-75-89(132-108-43-35-31-39-93(108)94-40-32-36-44-109(94)132)59-63-106(114)131-107-64-60-90(133-112-65-57-84(124(10,11)12)68-100(112)101-69-85(125(13,14)15)58-66-113(101)133)76-115(107)136(117-78-91(77-116(135)118(117)131)134-110-45-37-33-41-95(110)96-42-34-38-46-111(96)134)120-98(80-49-53-82(54-50-80)122(4,5)6)71-88(128(22,23)24)73-103(120)99-67-83(123(7,8)9)56-62-104(99)129(25,26)27/h31-78H,1-30H3/i31D,32D,33D,34D,35D,36D,37D,38D,39D,40D,41D,42D,43D,44D,45D,46D. The Morgan fingerprint density at radius 3 is 0.868 bits per heavy atom. The molecule has 20 rings (SSSR count). The van der Waals surface area contributed by atoms with E-state index in [1.807, 2.05) is 18.2 Å². The van der Waals surface area contributed by atoms with Crippen LogP contribution in [0, 0.1) is 0 Å². The summed E-state index contributed by atoms with van der Waals surface area (Å²) in [5.41, 5.74) is 22.4. The highest BCUT2D eigenvalue weighted by Crippen LogP contribution is 2.59. The van der Waals surface area contributed by atoms with Crippen molar-refractivity contribution in [3.05, 3.63) is 346 Å². The second kappa shape index (κ2) is 31.5. The maximum absolute atomic E-state index is 10.7. The minimum Gasteiger partial charge on any atom is -0.310 e. The summed E-state index contributed by atoms with van der Waals surface area (Å²) in [6.45, 7) is 66.4. The van der Waals surface area contributed by atoms with Gasteiger partial charge in [-0.1, -0.05) is 389 Å². The lowest BCUT2D eigenvalue weighted by molar-refractivity contribution is 0.569. The second-order valence-electron chi connectivity index (χ2n) is 48.9. The molecule has 0 radical (unpaired) electrons. The maximum Gasteiger partial charge on any atom is 0.252 e. The Kier molecular flexibility index (Phi) is 17.0. The predicted molar refractivity (Wildman–Crippen MR) is 592 cm³/mol. The maximum atomic E-state index is 10.7. The molecule has 0 fully saturated rings. The van der Waals surface area contributed by atoms with E-state index in [4.69, 9.17) is 0 Å². The van der Waals surface area contributed by atoms with E-state index in [-0.39, 0.29) is 82.1 Å². The van der Waals surface area contributed by atoms with Gasteiger partial charge in [0.05, 0.1) is 72.1 Å². The van der Waals surface area contributed by atoms with Gasteiger partial charge >= 0.3 is 0 Å². The first-order valence-electron chi connectivity index (χ1n) is 56.5. The number of aromatic nitrogens is 3. The Morgan fingerprint density at radius 1 is 0.206 bits per heavy atom. The smallest absolute Gasteiger partial charge is 0.252 e. The lowest BCUT2D eigenvalue weighted by atomic mass is 9.33. The van der Waals surface area contributed by atoms with E-state index in [1.165, 1.54) is 0 Å². The molecule has 5 nitrogen and oxygen atoms in total. The fraction of sp³-hybridized carbons (Fsp3) is 0.308. The number of rotatable bonds is 9. The third kappa shape index (κ3) is 15.4. The van der Waals surface area contributed by atoms with Gasteiger partial charge in [0.1, 0.15) is 0 Å². The molecular formula is C130H138BN5. The number of hydrogen-bond donors (Lipinski definition) is 0. The summed E-state index contributed by atoms with van der Waals surface area (Å²) in [6.07, 6.45) is 0. The SMILES string of the molecule is [2H]c1c([2H])c([2H])c2c(c1[2H])c1c([2H])c([2H])c([2H])c([2H])c1n2-c1ccc2c(c1)N(c1c(-c3ccc(C(C)(C)C)cc3)cc(C(C)(C)C)cc1-c1ccc(C(C)(C)C)cc1C(C)(C)C)c1cc(-n3c4c([2H])c([2H])c([2H])c([2H])c4c4c([2H])c([2H])c([2H])c([2H])c43)cc3c1B2c1ccc(-n2c4ccc(C(C)(C)C)cc4c4cc(C(C)(C)C)ccc42)cc1N3c1c(-c2ccc(C(C)(C)C)cc2)cc(C(C)(C)C)cc1-c1cc(C(C)(C)C)ccc1C(C)(C)C. The van der Waals surface area contributed by atoms with Crippen LogP contribution in [0.15, 0.2) is 291 Å². The molecule has 0 N–H and O–H groups in total. The van der Waals surface area contributed by atoms with Crippen LogP contribution in [0.5, 0.6) is 0 Å². The summed E-state index contributed by atoms with van der Waals surface area (Å²) in [6, 6.07) is 63.2. The third-order valence-corrected chi connectivity index (χ3v) is 28.9. The Balaban J connectivity index is 1.11. The highest BCUT2D eigenvalue weighted by atomic mass is 15.2. The summed E-state index contributed by atoms with van der Waals surface area (Å²) >= 11 is 0. The van der Waals surface area contributed by atoms with Gasteiger partial charge in [-0.3, -0.25) is 0 Å². The van der Waals surface area contributed by atoms with Gasteiger partial charge < -0.3 is 23.5 Å². The van der Waals surface area contributed by atoms with E-state index < -0.39 is 130 Å². The van der Waals surface area contributed by atoms with E-state index in [0.29, 0.717) is 28.4 Å². The van der Waals surface area contributed by atoms with E-state index in [0.717, 1.165) is 150 Å². The minimum absolute atomic E-state index is 0.0883. The van der Waals surface area contributed by atoms with Crippen molar-refractivity contribution < 1.29 is 21.9 Å². The molecule has 0 atom stereocenters. The quantitative estimate of drug-likeness (QED) is 0.134. The van der Waals surface area contributed by atoms with Crippen molar-refractivity contribution in [3.8, 4) is 61.6 Å². The molecule has 6 heteroatoms. The number of para-hydroxylation sites is 4. The van der Waals surface area contributed by atoms with Crippen molar-refractivity contribution in [2.24, 2.45) is 0 Å². The summed E-state index contributed by atoms with van der Waals surface area (Å²) in [5.74, 6) is 0. The highest BCUT2D eigenvalue weighted by molar-refractivity contribution is 7.00. The van der Waals surface area contributed by atoms with Crippen LogP contribution in [-0.4, -0.2) is 20.4 Å². The van der Waals surface area contributed by atoms with E-state index >= 15 is 0 Å². The fourth-order valence-corrected chi connectivity index (χ4v) is 21.0. The predicted octanol–water partition coefficient (Wildman–Crippen LogP) is 34.7. The van der Waals surface area contributed by atoms with Crippen LogP contribution in [0.25, 0.3) is 127 Å². The Bertz CT molecular complexity index is 8720. The summed E-state index contributed by atoms with van der Waals surface area (Å²) in [7, 11) is 0. The first-order chi connectivity index (χ1) is 70.4. The molecule has 0 bridgehead atoms. The van der Waals surface area contributed by atoms with Crippen molar-refractivity contribution in [3.63, 3.8) is 0 Å². The highest BCUT2D eigenvalue weighted by Gasteiger charge is 2.48. The molecule has 0 spiro atoms. The fourth-order valence-electron chi connectivity index (χ4n) is 21.0. The number of anilines is 6. The largest absolute Gasteiger partial charge is 0.310 e. The minimum atomic E-state index is -0.902. The molecular weight excluding hydrogens is 1640 g/mol. The molecule has 686 valence electrons. The Hall–Kier alpha value is -12.6. The molecule has 2 aliphatic heterocycles. The molecule has 0 amide bonds. The van der Waals surface area contributed by atoms with E-state index in [1.54, 1.807) is 9.13 Å². The molecule has 15 aromatic carbocycles. The van der Waals surface area contributed by atoms with Crippen molar-refractivity contribution >= 4 is 123 Å². The Labute approximate surface area is 833 Å². The van der Waals surface area contributed by atoms with Crippen molar-refractivity contribution in [1.29, 1.82) is 0 Å². The van der Waals surface area contributed by atoms with Crippen LogP contribution in [0.4, 0.5) is 34.1 Å². The molecule has 136 heavy (non-hydrogen) atoms. The van der Waals surface area contributed by atoms with Crippen LogP contribution < -0.4 is 26.2 Å². The average Bonchev–Trinajstić information content (AvgIpc) is 0.947. The molecule has 0 unspecified atom stereocenters. The summed E-state index contributed by atoms with van der Waals surface area (Å²) < 4.78 is 166. The van der Waals surface area contributed by atoms with Crippen LogP contribution in [0.1, 0.15) is 285 Å². The van der Waals surface area contributed by atoms with Crippen LogP contribution >= 0.6 is 0 Å². The molecule has 3 aromatic heterocycles. The van der Waals surface area contributed by atoms with Gasteiger partial charge in [-0.15, -0.1) is 0 Å². The zero-order chi connectivity index (χ0) is 111. The number of nitrogens with zero attached hydrogens (tertiary/aromatic N) is 5. The van der Waals surface area contributed by atoms with Crippen molar-refractivity contribution in [2.75, 3.05) is 9.80 Å². The van der Waals surface area contributed by atoms with Crippen molar-refractivity contribution in [2.45, 2.75) is 262 Å². The number of benzene rings is 15. The summed E-state index contributed by atoms with van der Waals surface area (Å²) in [4.78, 5) is 4.79. The third-order valence-electron chi connectivity index (χ3n) is 28.9. The molecule has 0 saturated carbocycles. The zero-order valence-electron chi connectivity index (χ0n) is 101. The second-order valence-corrected chi connectivity index (χ2v) is 48.9. The lowest BCUT2D eigenvalue weighted by Crippen LogP contribution is -2.61. The zero-order valence-corrected chi connectivity index (χ0v) is 85.3. The molecule has 0 saturated heterocycles. The van der Waals surface area contributed by atoms with Gasteiger partial charge in [-0.05, 0) is 258 Å². The monoisotopic (exact) mass is 1800 g/mol. The van der Waals surface area contributed by atoms with Gasteiger partial charge in [0.25, 0.3) is 6.71 Å². The molecule has 18 aromatic rings. The normalized spacial score (nSPS) is 15.4. The molecule has 0 aliphatic carbocycles. The number of hydrogen-bond acceptors (Lipinski definition) is 2. The topological polar surface area (TPSA) is 21.3 Å². The van der Waals surface area contributed by atoms with Gasteiger partial charge in [-0.25, -0.2) is 0 Å². The summed E-state index contributed by atoms with van der Waals surface area (Å²) in [5, 5.41) is 1.68. The lowest BCUT2D eigenvalue weighted by Gasteiger charge is -2.46. The van der Waals surface area contributed by atoms with Gasteiger partial charge in [-0.2, -0.15) is 0 Å². The Morgan fingerprint density at radius 2 is 0.500 bits per heavy atom. The number of fused-ring (bicyclic) bond motifs is 13. The van der Waals surface area contributed by atoms with Crippen LogP contribution in [0.2, 0.25) is 0 Å².